The van der Waals surface area contributed by atoms with Gasteiger partial charge in [-0.15, -0.1) is 0 Å². The molecule has 1 aromatic rings. The van der Waals surface area contributed by atoms with Crippen LogP contribution >= 0.6 is 0 Å². The van der Waals surface area contributed by atoms with Crippen LogP contribution in [0, 0.1) is 0 Å². The highest BCUT2D eigenvalue weighted by atomic mass is 19.2. The van der Waals surface area contributed by atoms with E-state index in [9.17, 15) is 19.4 Å². The minimum absolute atomic E-state index is 0.570. The fourth-order valence-electron chi connectivity index (χ4n) is 1.81. The van der Waals surface area contributed by atoms with Crippen LogP contribution in [0.1, 0.15) is 6.23 Å². The van der Waals surface area contributed by atoms with E-state index in [1.807, 2.05) is 0 Å². The Morgan fingerprint density at radius 1 is 1.56 bits per heavy atom. The standard InChI is InChI=1S/C10H13FN2O5/c11-10(17)7(16)8(18-9(10,12)5-14)13-4-2-1-3-6(13)15/h1-4,7-8,14,16-17H,5,12H2/t7-,8+,9+,10-/m0/s1. The monoisotopic (exact) mass is 260 g/mol. The summed E-state index contributed by atoms with van der Waals surface area (Å²) >= 11 is 0. The zero-order valence-corrected chi connectivity index (χ0v) is 9.23. The normalized spacial score (nSPS) is 40.1. The van der Waals surface area contributed by atoms with E-state index in [1.165, 1.54) is 24.4 Å². The maximum absolute atomic E-state index is 13.9. The highest BCUT2D eigenvalue weighted by Gasteiger charge is 2.65. The van der Waals surface area contributed by atoms with Gasteiger partial charge in [-0.25, -0.2) is 4.39 Å². The Kier molecular flexibility index (Phi) is 2.99. The van der Waals surface area contributed by atoms with Crippen LogP contribution in [0.25, 0.3) is 0 Å². The van der Waals surface area contributed by atoms with E-state index in [-0.39, 0.29) is 0 Å². The number of aliphatic hydroxyl groups is 3. The average Bonchev–Trinajstić information content (AvgIpc) is 2.52. The van der Waals surface area contributed by atoms with E-state index in [0.717, 1.165) is 4.57 Å². The maximum atomic E-state index is 13.9. The molecule has 8 heteroatoms. The number of alkyl halides is 1. The lowest BCUT2D eigenvalue weighted by Gasteiger charge is -2.29. The lowest BCUT2D eigenvalue weighted by atomic mass is 10.0. The second-order valence-electron chi connectivity index (χ2n) is 4.12. The van der Waals surface area contributed by atoms with Crippen molar-refractivity contribution < 1.29 is 24.4 Å². The summed E-state index contributed by atoms with van der Waals surface area (Å²) in [4.78, 5) is 11.5. The molecule has 0 radical (unpaired) electrons. The van der Waals surface area contributed by atoms with Crippen molar-refractivity contribution >= 4 is 0 Å². The van der Waals surface area contributed by atoms with Gasteiger partial charge in [0.05, 0.1) is 6.61 Å². The van der Waals surface area contributed by atoms with Gasteiger partial charge < -0.3 is 20.1 Å². The van der Waals surface area contributed by atoms with Gasteiger partial charge in [-0.1, -0.05) is 6.07 Å². The van der Waals surface area contributed by atoms with Crippen molar-refractivity contribution in [3.05, 3.63) is 34.7 Å². The molecule has 0 saturated carbocycles. The molecule has 0 aliphatic carbocycles. The summed E-state index contributed by atoms with van der Waals surface area (Å²) in [5.41, 5.74) is 2.27. The molecule has 0 aromatic carbocycles. The third kappa shape index (κ3) is 1.66. The van der Waals surface area contributed by atoms with Gasteiger partial charge in [-0.3, -0.25) is 15.1 Å². The van der Waals surface area contributed by atoms with E-state index in [2.05, 4.69) is 0 Å². The molecule has 0 bridgehead atoms. The van der Waals surface area contributed by atoms with E-state index >= 15 is 0 Å². The topological polar surface area (TPSA) is 118 Å². The van der Waals surface area contributed by atoms with E-state index < -0.39 is 36.1 Å². The highest BCUT2D eigenvalue weighted by molar-refractivity contribution is 5.05. The molecule has 7 nitrogen and oxygen atoms in total. The van der Waals surface area contributed by atoms with Gasteiger partial charge in [-0.2, -0.15) is 0 Å². The quantitative estimate of drug-likeness (QED) is 0.490. The fraction of sp³-hybridized carbons (Fsp3) is 0.500. The number of halogens is 1. The van der Waals surface area contributed by atoms with Crippen LogP contribution in [-0.2, 0) is 4.74 Å². The van der Waals surface area contributed by atoms with Gasteiger partial charge >= 0.3 is 0 Å². The Bertz CT molecular complexity index is 502. The van der Waals surface area contributed by atoms with E-state index in [1.54, 1.807) is 0 Å². The molecule has 0 spiro atoms. The SMILES string of the molecule is N[C@]1(CO)O[C@@H](n2ccccc2=O)[C@H](O)[C@@]1(O)F. The first-order chi connectivity index (χ1) is 8.33. The van der Waals surface area contributed by atoms with Crippen LogP contribution in [0.3, 0.4) is 0 Å². The Morgan fingerprint density at radius 2 is 2.22 bits per heavy atom. The van der Waals surface area contributed by atoms with Crippen molar-refractivity contribution in [3.63, 3.8) is 0 Å². The van der Waals surface area contributed by atoms with Crippen LogP contribution in [0.5, 0.6) is 0 Å². The third-order valence-electron chi connectivity index (χ3n) is 2.95. The van der Waals surface area contributed by atoms with Crippen molar-refractivity contribution in [2.75, 3.05) is 6.61 Å². The molecular weight excluding hydrogens is 247 g/mol. The number of pyridine rings is 1. The summed E-state index contributed by atoms with van der Waals surface area (Å²) in [6, 6.07) is 4.08. The first kappa shape index (κ1) is 13.1. The van der Waals surface area contributed by atoms with Crippen LogP contribution in [0.2, 0.25) is 0 Å². The molecule has 18 heavy (non-hydrogen) atoms. The molecular formula is C10H13FN2O5. The summed E-state index contributed by atoms with van der Waals surface area (Å²) in [6.45, 7) is -1.06. The lowest BCUT2D eigenvalue weighted by Crippen LogP contribution is -2.61. The largest absolute Gasteiger partial charge is 0.392 e. The molecule has 100 valence electrons. The zero-order valence-electron chi connectivity index (χ0n) is 9.23. The number of ether oxygens (including phenoxy) is 1. The van der Waals surface area contributed by atoms with Gasteiger partial charge in [0.1, 0.15) is 0 Å². The van der Waals surface area contributed by atoms with Gasteiger partial charge in [0.25, 0.3) is 11.4 Å². The number of hydrogen-bond acceptors (Lipinski definition) is 6. The minimum atomic E-state index is -3.37. The zero-order chi connectivity index (χ0) is 13.6. The number of nitrogens with two attached hydrogens (primary N) is 1. The van der Waals surface area contributed by atoms with Crippen molar-refractivity contribution in [1.29, 1.82) is 0 Å². The van der Waals surface area contributed by atoms with Gasteiger partial charge in [-0.05, 0) is 6.07 Å². The lowest BCUT2D eigenvalue weighted by molar-refractivity contribution is -0.231. The summed E-state index contributed by atoms with van der Waals surface area (Å²) in [5.74, 6) is -3.37. The number of nitrogens with zero attached hydrogens (tertiary/aromatic N) is 1. The van der Waals surface area contributed by atoms with Gasteiger partial charge in [0, 0.05) is 12.3 Å². The molecule has 1 saturated heterocycles. The second-order valence-corrected chi connectivity index (χ2v) is 4.12. The summed E-state index contributed by atoms with van der Waals surface area (Å²) in [7, 11) is 0. The molecule has 2 rings (SSSR count). The average molecular weight is 260 g/mol. The van der Waals surface area contributed by atoms with Gasteiger partial charge in [0.15, 0.2) is 12.3 Å². The minimum Gasteiger partial charge on any atom is -0.392 e. The van der Waals surface area contributed by atoms with Crippen LogP contribution in [-0.4, -0.2) is 44.2 Å². The molecule has 0 unspecified atom stereocenters. The Balaban J connectivity index is 2.45. The van der Waals surface area contributed by atoms with Crippen molar-refractivity contribution in [2.24, 2.45) is 5.73 Å². The molecule has 0 amide bonds. The van der Waals surface area contributed by atoms with Gasteiger partial charge in [0.2, 0.25) is 5.72 Å². The highest BCUT2D eigenvalue weighted by Crippen LogP contribution is 2.41. The van der Waals surface area contributed by atoms with Crippen LogP contribution < -0.4 is 11.3 Å². The number of aromatic nitrogens is 1. The molecule has 4 atom stereocenters. The Labute approximate surface area is 101 Å². The second kappa shape index (κ2) is 4.11. The third-order valence-corrected chi connectivity index (χ3v) is 2.95. The first-order valence-electron chi connectivity index (χ1n) is 5.17. The predicted molar refractivity (Wildman–Crippen MR) is 56.9 cm³/mol. The molecule has 1 aromatic heterocycles. The molecule has 5 N–H and O–H groups in total. The van der Waals surface area contributed by atoms with E-state index in [4.69, 9.17) is 15.6 Å². The number of aliphatic hydroxyl groups excluding tert-OH is 2. The van der Waals surface area contributed by atoms with E-state index in [0.29, 0.717) is 0 Å². The molecule has 2 heterocycles. The molecule has 1 aliphatic rings. The molecule has 1 fully saturated rings. The van der Waals surface area contributed by atoms with Crippen molar-refractivity contribution in [3.8, 4) is 0 Å². The first-order valence-corrected chi connectivity index (χ1v) is 5.17. The summed E-state index contributed by atoms with van der Waals surface area (Å²) in [6.07, 6.45) is -2.38. The van der Waals surface area contributed by atoms with Crippen molar-refractivity contribution in [1.82, 2.24) is 4.57 Å². The number of rotatable bonds is 2. The summed E-state index contributed by atoms with van der Waals surface area (Å²) in [5, 5.41) is 28.1. The smallest absolute Gasteiger partial charge is 0.282 e. The Morgan fingerprint density at radius 3 is 2.72 bits per heavy atom. The number of hydrogen-bond donors (Lipinski definition) is 4. The van der Waals surface area contributed by atoms with Crippen LogP contribution in [0.15, 0.2) is 29.2 Å². The molecule has 1 aliphatic heterocycles. The summed E-state index contributed by atoms with van der Waals surface area (Å²) < 4.78 is 19.7. The van der Waals surface area contributed by atoms with Crippen molar-refractivity contribution in [2.45, 2.75) is 23.9 Å². The van der Waals surface area contributed by atoms with Crippen LogP contribution in [0.4, 0.5) is 4.39 Å². The maximum Gasteiger partial charge on any atom is 0.282 e. The predicted octanol–water partition coefficient (Wildman–Crippen LogP) is -1.96. The Hall–Kier alpha value is -1.32. The fourth-order valence-corrected chi connectivity index (χ4v) is 1.81.